The summed E-state index contributed by atoms with van der Waals surface area (Å²) in [7, 11) is 0. The molecule has 0 saturated carbocycles. The van der Waals surface area contributed by atoms with Gasteiger partial charge in [0, 0.05) is 19.5 Å². The molecule has 1 unspecified atom stereocenters. The summed E-state index contributed by atoms with van der Waals surface area (Å²) in [5, 5.41) is 3.36. The van der Waals surface area contributed by atoms with E-state index in [1.54, 1.807) is 0 Å². The number of likely N-dealkylation sites (tertiary alicyclic amines) is 1. The zero-order valence-corrected chi connectivity index (χ0v) is 9.88. The number of rotatable bonds is 2. The van der Waals surface area contributed by atoms with Gasteiger partial charge in [-0.2, -0.15) is 0 Å². The van der Waals surface area contributed by atoms with Crippen molar-refractivity contribution >= 4 is 5.91 Å². The van der Waals surface area contributed by atoms with Crippen LogP contribution in [0.2, 0.25) is 0 Å². The first-order chi connectivity index (χ1) is 7.07. The number of amides is 1. The van der Waals surface area contributed by atoms with Crippen LogP contribution in [0.5, 0.6) is 0 Å². The largest absolute Gasteiger partial charge is 0.342 e. The van der Waals surface area contributed by atoms with Gasteiger partial charge in [-0.05, 0) is 37.3 Å². The molecule has 86 valence electrons. The summed E-state index contributed by atoms with van der Waals surface area (Å²) >= 11 is 0. The normalized spacial score (nSPS) is 30.9. The van der Waals surface area contributed by atoms with E-state index in [0.717, 1.165) is 39.0 Å². The average molecular weight is 210 g/mol. The molecule has 1 N–H and O–H groups in total. The Labute approximate surface area is 92.2 Å². The Morgan fingerprint density at radius 1 is 1.53 bits per heavy atom. The second-order valence-electron chi connectivity index (χ2n) is 5.79. The topological polar surface area (TPSA) is 32.3 Å². The van der Waals surface area contributed by atoms with Gasteiger partial charge in [0.25, 0.3) is 0 Å². The smallest absolute Gasteiger partial charge is 0.223 e. The standard InChI is InChI=1S/C12H22N2O/c1-12(2)4-6-14(11(15)7-12)9-10-3-5-13-8-10/h10,13H,3-9H2,1-2H3. The van der Waals surface area contributed by atoms with Gasteiger partial charge in [-0.25, -0.2) is 0 Å². The van der Waals surface area contributed by atoms with E-state index in [1.807, 2.05) is 0 Å². The van der Waals surface area contributed by atoms with Crippen molar-refractivity contribution in [1.29, 1.82) is 0 Å². The predicted molar refractivity (Wildman–Crippen MR) is 60.6 cm³/mol. The van der Waals surface area contributed by atoms with Gasteiger partial charge in [0.05, 0.1) is 0 Å². The number of piperidine rings is 1. The number of hydrogen-bond donors (Lipinski definition) is 1. The van der Waals surface area contributed by atoms with Crippen LogP contribution in [0.25, 0.3) is 0 Å². The lowest BCUT2D eigenvalue weighted by molar-refractivity contribution is -0.137. The molecule has 2 aliphatic heterocycles. The molecule has 3 nitrogen and oxygen atoms in total. The zero-order valence-electron chi connectivity index (χ0n) is 9.88. The Balaban J connectivity index is 1.86. The zero-order chi connectivity index (χ0) is 10.9. The Morgan fingerprint density at radius 3 is 2.93 bits per heavy atom. The fourth-order valence-electron chi connectivity index (χ4n) is 2.55. The maximum Gasteiger partial charge on any atom is 0.223 e. The molecule has 2 aliphatic rings. The maximum atomic E-state index is 11.9. The summed E-state index contributed by atoms with van der Waals surface area (Å²) in [5.74, 6) is 1.05. The third kappa shape index (κ3) is 2.71. The van der Waals surface area contributed by atoms with Crippen molar-refractivity contribution in [1.82, 2.24) is 10.2 Å². The Bertz CT molecular complexity index is 244. The first-order valence-electron chi connectivity index (χ1n) is 6.05. The van der Waals surface area contributed by atoms with E-state index < -0.39 is 0 Å². The Morgan fingerprint density at radius 2 is 2.33 bits per heavy atom. The molecule has 2 fully saturated rings. The molecule has 0 radical (unpaired) electrons. The summed E-state index contributed by atoms with van der Waals surface area (Å²) in [6.07, 6.45) is 3.11. The van der Waals surface area contributed by atoms with E-state index in [1.165, 1.54) is 6.42 Å². The number of hydrogen-bond acceptors (Lipinski definition) is 2. The molecule has 1 atom stereocenters. The fourth-order valence-corrected chi connectivity index (χ4v) is 2.55. The average Bonchev–Trinajstić information content (AvgIpc) is 2.61. The fraction of sp³-hybridized carbons (Fsp3) is 0.917. The molecule has 1 amide bonds. The van der Waals surface area contributed by atoms with Crippen LogP contribution in [0, 0.1) is 11.3 Å². The van der Waals surface area contributed by atoms with E-state index in [9.17, 15) is 4.79 Å². The minimum absolute atomic E-state index is 0.224. The lowest BCUT2D eigenvalue weighted by Crippen LogP contribution is -2.44. The maximum absolute atomic E-state index is 11.9. The second kappa shape index (κ2) is 4.12. The summed E-state index contributed by atoms with van der Waals surface area (Å²) in [4.78, 5) is 14.0. The van der Waals surface area contributed by atoms with Crippen LogP contribution >= 0.6 is 0 Å². The van der Waals surface area contributed by atoms with Gasteiger partial charge < -0.3 is 10.2 Å². The number of nitrogens with one attached hydrogen (secondary N) is 1. The lowest BCUT2D eigenvalue weighted by Gasteiger charge is -2.37. The molecule has 0 bridgehead atoms. The Hall–Kier alpha value is -0.570. The molecular formula is C12H22N2O. The van der Waals surface area contributed by atoms with Gasteiger partial charge in [0.1, 0.15) is 0 Å². The summed E-state index contributed by atoms with van der Waals surface area (Å²) in [6, 6.07) is 0. The van der Waals surface area contributed by atoms with E-state index in [0.29, 0.717) is 11.8 Å². The highest BCUT2D eigenvalue weighted by Crippen LogP contribution is 2.31. The molecule has 0 aromatic carbocycles. The quantitative estimate of drug-likeness (QED) is 0.744. The highest BCUT2D eigenvalue weighted by Gasteiger charge is 2.32. The monoisotopic (exact) mass is 210 g/mol. The predicted octanol–water partition coefficient (Wildman–Crippen LogP) is 1.24. The first kappa shape index (κ1) is 10.9. The van der Waals surface area contributed by atoms with Gasteiger partial charge in [0.15, 0.2) is 0 Å². The summed E-state index contributed by atoms with van der Waals surface area (Å²) in [6.45, 7) is 8.54. The Kier molecular flexibility index (Phi) is 3.01. The van der Waals surface area contributed by atoms with Crippen molar-refractivity contribution < 1.29 is 4.79 Å². The molecule has 3 heteroatoms. The van der Waals surface area contributed by atoms with Crippen molar-refractivity contribution in [3.63, 3.8) is 0 Å². The van der Waals surface area contributed by atoms with Crippen LogP contribution in [0.15, 0.2) is 0 Å². The van der Waals surface area contributed by atoms with Crippen molar-refractivity contribution in [2.75, 3.05) is 26.2 Å². The van der Waals surface area contributed by atoms with Crippen molar-refractivity contribution in [2.24, 2.45) is 11.3 Å². The van der Waals surface area contributed by atoms with Crippen LogP contribution in [0.3, 0.4) is 0 Å². The van der Waals surface area contributed by atoms with E-state index in [2.05, 4.69) is 24.1 Å². The molecule has 0 aromatic rings. The SMILES string of the molecule is CC1(C)CCN(CC2CCNC2)C(=O)C1. The van der Waals surface area contributed by atoms with Crippen molar-refractivity contribution in [3.8, 4) is 0 Å². The number of carbonyl (C=O) groups excluding carboxylic acids is 1. The molecule has 2 rings (SSSR count). The minimum Gasteiger partial charge on any atom is -0.342 e. The third-order valence-corrected chi connectivity index (χ3v) is 3.68. The lowest BCUT2D eigenvalue weighted by atomic mass is 9.82. The van der Waals surface area contributed by atoms with Crippen LogP contribution in [0.4, 0.5) is 0 Å². The van der Waals surface area contributed by atoms with Gasteiger partial charge >= 0.3 is 0 Å². The van der Waals surface area contributed by atoms with Crippen LogP contribution in [-0.4, -0.2) is 37.0 Å². The van der Waals surface area contributed by atoms with Crippen LogP contribution in [-0.2, 0) is 4.79 Å². The summed E-state index contributed by atoms with van der Waals surface area (Å²) < 4.78 is 0. The summed E-state index contributed by atoms with van der Waals surface area (Å²) in [5.41, 5.74) is 0.224. The second-order valence-corrected chi connectivity index (χ2v) is 5.79. The molecule has 0 aliphatic carbocycles. The molecule has 2 heterocycles. The van der Waals surface area contributed by atoms with Crippen LogP contribution in [0.1, 0.15) is 33.1 Å². The van der Waals surface area contributed by atoms with Crippen molar-refractivity contribution in [2.45, 2.75) is 33.1 Å². The minimum atomic E-state index is 0.224. The van der Waals surface area contributed by atoms with Gasteiger partial charge in [-0.3, -0.25) is 4.79 Å². The van der Waals surface area contributed by atoms with Gasteiger partial charge in [-0.1, -0.05) is 13.8 Å². The molecule has 15 heavy (non-hydrogen) atoms. The molecule has 0 spiro atoms. The third-order valence-electron chi connectivity index (χ3n) is 3.68. The van der Waals surface area contributed by atoms with E-state index in [4.69, 9.17) is 0 Å². The number of carbonyl (C=O) groups is 1. The van der Waals surface area contributed by atoms with Crippen molar-refractivity contribution in [3.05, 3.63) is 0 Å². The molecule has 0 aromatic heterocycles. The first-order valence-corrected chi connectivity index (χ1v) is 6.05. The van der Waals surface area contributed by atoms with E-state index in [-0.39, 0.29) is 5.41 Å². The molecular weight excluding hydrogens is 188 g/mol. The van der Waals surface area contributed by atoms with Crippen LogP contribution < -0.4 is 5.32 Å². The highest BCUT2D eigenvalue weighted by molar-refractivity contribution is 5.77. The molecule has 2 saturated heterocycles. The number of nitrogens with zero attached hydrogens (tertiary/aromatic N) is 1. The van der Waals surface area contributed by atoms with Gasteiger partial charge in [-0.15, -0.1) is 0 Å². The van der Waals surface area contributed by atoms with E-state index >= 15 is 0 Å². The highest BCUT2D eigenvalue weighted by atomic mass is 16.2. The van der Waals surface area contributed by atoms with Gasteiger partial charge in [0.2, 0.25) is 5.91 Å².